The Kier molecular flexibility index (Phi) is 6.93. The first-order valence-corrected chi connectivity index (χ1v) is 12.2. The van der Waals surface area contributed by atoms with E-state index in [2.05, 4.69) is 4.90 Å². The number of anilines is 1. The standard InChI is InChI=1S/C24H31ClFN5O2/c1-4-5-14-29-22(32)20-21(31(16(2)3)24(29)33)27-23(28-12-7-6-8-13-28)30(20)15-17-18(25)10-9-11-19(17)26/h9-11,16H,4-8,12-15H2,1-3H3. The molecular formula is C24H31ClFN5O2. The molecule has 3 aromatic rings. The van der Waals surface area contributed by atoms with E-state index in [9.17, 15) is 14.0 Å². The van der Waals surface area contributed by atoms with Crippen LogP contribution in [0, 0.1) is 5.82 Å². The number of imidazole rings is 1. The van der Waals surface area contributed by atoms with Gasteiger partial charge in [0, 0.05) is 36.3 Å². The van der Waals surface area contributed by atoms with Gasteiger partial charge in [0.15, 0.2) is 11.2 Å². The van der Waals surface area contributed by atoms with Crippen LogP contribution in [0.1, 0.15) is 64.5 Å². The van der Waals surface area contributed by atoms with Crippen molar-refractivity contribution in [3.63, 3.8) is 0 Å². The number of fused-ring (bicyclic) bond motifs is 1. The molecule has 1 aliphatic rings. The zero-order chi connectivity index (χ0) is 23.7. The lowest BCUT2D eigenvalue weighted by Crippen LogP contribution is -2.41. The maximum absolute atomic E-state index is 14.8. The van der Waals surface area contributed by atoms with Crippen LogP contribution >= 0.6 is 11.6 Å². The SMILES string of the molecule is CCCCn1c(=O)c2c(nc(N3CCCCC3)n2Cc2c(F)cccc2Cl)n(C(C)C)c1=O. The van der Waals surface area contributed by atoms with Gasteiger partial charge >= 0.3 is 5.69 Å². The van der Waals surface area contributed by atoms with Crippen LogP contribution in [0.4, 0.5) is 10.3 Å². The van der Waals surface area contributed by atoms with Crippen LogP contribution in [-0.4, -0.2) is 31.8 Å². The topological polar surface area (TPSA) is 65.1 Å². The van der Waals surface area contributed by atoms with Gasteiger partial charge in [-0.3, -0.25) is 18.5 Å². The summed E-state index contributed by atoms with van der Waals surface area (Å²) in [7, 11) is 0. The van der Waals surface area contributed by atoms with E-state index < -0.39 is 5.82 Å². The Morgan fingerprint density at radius 3 is 2.48 bits per heavy atom. The molecule has 9 heteroatoms. The van der Waals surface area contributed by atoms with Crippen molar-refractivity contribution in [3.8, 4) is 0 Å². The van der Waals surface area contributed by atoms with Crippen LogP contribution in [0.3, 0.4) is 0 Å². The van der Waals surface area contributed by atoms with Crippen molar-refractivity contribution in [2.75, 3.05) is 18.0 Å². The maximum Gasteiger partial charge on any atom is 0.332 e. The van der Waals surface area contributed by atoms with Crippen molar-refractivity contribution >= 4 is 28.7 Å². The third-order valence-corrected chi connectivity index (χ3v) is 6.66. The zero-order valence-corrected chi connectivity index (χ0v) is 20.2. The van der Waals surface area contributed by atoms with Crippen LogP contribution in [0.2, 0.25) is 5.02 Å². The average molecular weight is 476 g/mol. The van der Waals surface area contributed by atoms with Gasteiger partial charge in [-0.2, -0.15) is 4.98 Å². The number of hydrogen-bond donors (Lipinski definition) is 0. The molecule has 0 N–H and O–H groups in total. The van der Waals surface area contributed by atoms with Crippen LogP contribution < -0.4 is 16.1 Å². The second kappa shape index (κ2) is 9.71. The molecular weight excluding hydrogens is 445 g/mol. The molecule has 7 nitrogen and oxygen atoms in total. The quantitative estimate of drug-likeness (QED) is 0.502. The number of halogens is 2. The first-order valence-electron chi connectivity index (χ1n) is 11.8. The van der Waals surface area contributed by atoms with E-state index in [1.807, 2.05) is 20.8 Å². The molecule has 2 aromatic heterocycles. The van der Waals surface area contributed by atoms with Gasteiger partial charge in [0.1, 0.15) is 5.82 Å². The van der Waals surface area contributed by atoms with Gasteiger partial charge in [-0.1, -0.05) is 31.0 Å². The molecule has 0 spiro atoms. The average Bonchev–Trinajstić information content (AvgIpc) is 3.15. The third kappa shape index (κ3) is 4.33. The minimum Gasteiger partial charge on any atom is -0.342 e. The van der Waals surface area contributed by atoms with Gasteiger partial charge in [0.05, 0.1) is 6.54 Å². The highest BCUT2D eigenvalue weighted by Crippen LogP contribution is 2.28. The fourth-order valence-electron chi connectivity index (χ4n) is 4.55. The predicted octanol–water partition coefficient (Wildman–Crippen LogP) is 4.57. The number of nitrogens with zero attached hydrogens (tertiary/aromatic N) is 5. The van der Waals surface area contributed by atoms with Crippen molar-refractivity contribution in [2.45, 2.75) is 72.0 Å². The molecule has 0 unspecified atom stereocenters. The number of aromatic nitrogens is 4. The van der Waals surface area contributed by atoms with E-state index in [1.54, 1.807) is 21.3 Å². The van der Waals surface area contributed by atoms with Crippen molar-refractivity contribution in [1.29, 1.82) is 0 Å². The molecule has 1 aromatic carbocycles. The lowest BCUT2D eigenvalue weighted by molar-refractivity contribution is 0.509. The Morgan fingerprint density at radius 1 is 1.12 bits per heavy atom. The molecule has 33 heavy (non-hydrogen) atoms. The lowest BCUT2D eigenvalue weighted by atomic mass is 10.1. The lowest BCUT2D eigenvalue weighted by Gasteiger charge is -2.28. The van der Waals surface area contributed by atoms with Crippen LogP contribution in [0.5, 0.6) is 0 Å². The largest absolute Gasteiger partial charge is 0.342 e. The summed E-state index contributed by atoms with van der Waals surface area (Å²) in [5.74, 6) is 0.153. The predicted molar refractivity (Wildman–Crippen MR) is 130 cm³/mol. The normalized spacial score (nSPS) is 14.5. The smallest absolute Gasteiger partial charge is 0.332 e. The molecule has 1 aliphatic heterocycles. The molecule has 0 bridgehead atoms. The highest BCUT2D eigenvalue weighted by atomic mass is 35.5. The number of hydrogen-bond acceptors (Lipinski definition) is 4. The summed E-state index contributed by atoms with van der Waals surface area (Å²) < 4.78 is 19.4. The molecule has 178 valence electrons. The van der Waals surface area contributed by atoms with Gasteiger partial charge in [-0.25, -0.2) is 9.18 Å². The minimum atomic E-state index is -0.433. The fourth-order valence-corrected chi connectivity index (χ4v) is 4.77. The first-order chi connectivity index (χ1) is 15.8. The fraction of sp³-hybridized carbons (Fsp3) is 0.542. The van der Waals surface area contributed by atoms with Gasteiger partial charge < -0.3 is 4.90 Å². The van der Waals surface area contributed by atoms with E-state index in [4.69, 9.17) is 16.6 Å². The summed E-state index contributed by atoms with van der Waals surface area (Å²) in [5.41, 5.74) is 0.233. The molecule has 4 rings (SSSR count). The molecule has 0 saturated carbocycles. The number of benzene rings is 1. The number of piperidine rings is 1. The van der Waals surface area contributed by atoms with Crippen LogP contribution in [-0.2, 0) is 13.1 Å². The summed E-state index contributed by atoms with van der Waals surface area (Å²) in [6.45, 7) is 7.82. The van der Waals surface area contributed by atoms with Crippen molar-refractivity contribution in [3.05, 3.63) is 55.4 Å². The third-order valence-electron chi connectivity index (χ3n) is 6.31. The molecule has 0 amide bonds. The Balaban J connectivity index is 2.04. The molecule has 0 radical (unpaired) electrons. The molecule has 1 fully saturated rings. The summed E-state index contributed by atoms with van der Waals surface area (Å²) in [4.78, 5) is 33.9. The second-order valence-corrected chi connectivity index (χ2v) is 9.38. The molecule has 0 atom stereocenters. The highest BCUT2D eigenvalue weighted by Gasteiger charge is 2.27. The van der Waals surface area contributed by atoms with Crippen molar-refractivity contribution in [2.24, 2.45) is 0 Å². The van der Waals surface area contributed by atoms with Gasteiger partial charge in [-0.15, -0.1) is 0 Å². The Hall–Kier alpha value is -2.61. The number of rotatable bonds is 7. The van der Waals surface area contributed by atoms with Crippen molar-refractivity contribution < 1.29 is 4.39 Å². The van der Waals surface area contributed by atoms with E-state index in [-0.39, 0.29) is 23.8 Å². The Labute approximate surface area is 197 Å². The minimum absolute atomic E-state index is 0.0627. The zero-order valence-electron chi connectivity index (χ0n) is 19.5. The summed E-state index contributed by atoms with van der Waals surface area (Å²) in [5, 5.41) is 0.296. The Bertz CT molecular complexity index is 1250. The van der Waals surface area contributed by atoms with Gasteiger partial charge in [-0.05, 0) is 51.7 Å². The monoisotopic (exact) mass is 475 g/mol. The van der Waals surface area contributed by atoms with Gasteiger partial charge in [0.2, 0.25) is 5.95 Å². The van der Waals surface area contributed by atoms with E-state index in [0.29, 0.717) is 40.7 Å². The van der Waals surface area contributed by atoms with Crippen LogP contribution in [0.15, 0.2) is 27.8 Å². The molecule has 3 heterocycles. The van der Waals surface area contributed by atoms with Gasteiger partial charge in [0.25, 0.3) is 5.56 Å². The molecule has 1 saturated heterocycles. The van der Waals surface area contributed by atoms with Crippen molar-refractivity contribution in [1.82, 2.24) is 18.7 Å². The summed E-state index contributed by atoms with van der Waals surface area (Å²) in [6, 6.07) is 4.38. The second-order valence-electron chi connectivity index (χ2n) is 8.97. The highest BCUT2D eigenvalue weighted by molar-refractivity contribution is 6.31. The molecule has 0 aliphatic carbocycles. The first kappa shape index (κ1) is 23.5. The van der Waals surface area contributed by atoms with Crippen LogP contribution in [0.25, 0.3) is 11.2 Å². The van der Waals surface area contributed by atoms with E-state index >= 15 is 0 Å². The summed E-state index contributed by atoms with van der Waals surface area (Å²) in [6.07, 6.45) is 4.74. The van der Waals surface area contributed by atoms with E-state index in [1.165, 1.54) is 10.6 Å². The summed E-state index contributed by atoms with van der Waals surface area (Å²) >= 11 is 6.36. The van der Waals surface area contributed by atoms with E-state index in [0.717, 1.165) is 38.8 Å². The Morgan fingerprint density at radius 2 is 1.85 bits per heavy atom. The number of unbranched alkanes of at least 4 members (excludes halogenated alkanes) is 1. The maximum atomic E-state index is 14.8.